The van der Waals surface area contributed by atoms with Crippen LogP contribution in [-0.2, 0) is 6.61 Å². The topological polar surface area (TPSA) is 33.0 Å². The Labute approximate surface area is 109 Å². The summed E-state index contributed by atoms with van der Waals surface area (Å²) in [6.07, 6.45) is -2.47. The first-order valence-electron chi connectivity index (χ1n) is 5.69. The van der Waals surface area contributed by atoms with Crippen LogP contribution in [0.4, 0.5) is 8.78 Å². The van der Waals surface area contributed by atoms with Crippen LogP contribution in [0.5, 0.6) is 5.75 Å². The molecule has 0 aliphatic carbocycles. The van der Waals surface area contributed by atoms with Crippen molar-refractivity contribution < 1.29 is 13.5 Å². The second kappa shape index (κ2) is 5.96. The Kier molecular flexibility index (Phi) is 4.09. The second-order valence-corrected chi connectivity index (χ2v) is 3.97. The lowest BCUT2D eigenvalue weighted by atomic mass is 10.1. The van der Waals surface area contributed by atoms with Crippen LogP contribution >= 0.6 is 0 Å². The molecular weight excluding hydrogens is 248 g/mol. The van der Waals surface area contributed by atoms with Crippen LogP contribution in [0, 0.1) is 11.3 Å². The maximum atomic E-state index is 12.4. The maximum absolute atomic E-state index is 12.4. The van der Waals surface area contributed by atoms with Crippen molar-refractivity contribution in [2.75, 3.05) is 0 Å². The molecule has 0 unspecified atom stereocenters. The van der Waals surface area contributed by atoms with E-state index in [9.17, 15) is 8.78 Å². The summed E-state index contributed by atoms with van der Waals surface area (Å²) in [7, 11) is 0. The fourth-order valence-electron chi connectivity index (χ4n) is 1.55. The normalized spacial score (nSPS) is 10.2. The van der Waals surface area contributed by atoms with E-state index in [0.717, 1.165) is 5.56 Å². The van der Waals surface area contributed by atoms with E-state index in [1.165, 1.54) is 24.3 Å². The van der Waals surface area contributed by atoms with Crippen LogP contribution in [-0.4, -0.2) is 0 Å². The summed E-state index contributed by atoms with van der Waals surface area (Å²) in [5.41, 5.74) is 1.48. The summed E-state index contributed by atoms with van der Waals surface area (Å²) in [5, 5.41) is 8.66. The van der Waals surface area contributed by atoms with Crippen LogP contribution in [0.25, 0.3) is 0 Å². The third-order valence-electron chi connectivity index (χ3n) is 2.62. The van der Waals surface area contributed by atoms with Gasteiger partial charge in [0.05, 0.1) is 11.6 Å². The number of hydrogen-bond donors (Lipinski definition) is 0. The van der Waals surface area contributed by atoms with Crippen LogP contribution in [0.15, 0.2) is 48.5 Å². The first-order valence-corrected chi connectivity index (χ1v) is 5.69. The maximum Gasteiger partial charge on any atom is 0.263 e. The molecule has 0 N–H and O–H groups in total. The minimum Gasteiger partial charge on any atom is -0.489 e. The number of benzene rings is 2. The third kappa shape index (κ3) is 3.52. The minimum absolute atomic E-state index is 0.0225. The van der Waals surface area contributed by atoms with Gasteiger partial charge in [-0.1, -0.05) is 12.1 Å². The molecule has 4 heteroatoms. The predicted molar refractivity (Wildman–Crippen MR) is 66.9 cm³/mol. The molecule has 0 saturated heterocycles. The van der Waals surface area contributed by atoms with Gasteiger partial charge in [0.25, 0.3) is 6.43 Å². The van der Waals surface area contributed by atoms with Crippen LogP contribution in [0.2, 0.25) is 0 Å². The van der Waals surface area contributed by atoms with Crippen LogP contribution in [0.3, 0.4) is 0 Å². The van der Waals surface area contributed by atoms with Crippen molar-refractivity contribution in [3.63, 3.8) is 0 Å². The molecule has 0 radical (unpaired) electrons. The number of hydrogen-bond acceptors (Lipinski definition) is 2. The zero-order chi connectivity index (χ0) is 13.7. The minimum atomic E-state index is -2.47. The van der Waals surface area contributed by atoms with Crippen molar-refractivity contribution in [2.45, 2.75) is 13.0 Å². The molecule has 19 heavy (non-hydrogen) atoms. The molecule has 0 aliphatic heterocycles. The van der Waals surface area contributed by atoms with Crippen molar-refractivity contribution in [2.24, 2.45) is 0 Å². The molecule has 0 aliphatic rings. The van der Waals surface area contributed by atoms with Gasteiger partial charge in [-0.3, -0.25) is 0 Å². The molecule has 2 nitrogen and oxygen atoms in total. The molecule has 0 heterocycles. The average Bonchev–Trinajstić information content (AvgIpc) is 2.46. The highest BCUT2D eigenvalue weighted by Crippen LogP contribution is 2.22. The van der Waals surface area contributed by atoms with Crippen molar-refractivity contribution in [3.8, 4) is 11.8 Å². The van der Waals surface area contributed by atoms with Gasteiger partial charge >= 0.3 is 0 Å². The van der Waals surface area contributed by atoms with Gasteiger partial charge in [-0.05, 0) is 42.0 Å². The molecule has 2 aromatic rings. The largest absolute Gasteiger partial charge is 0.489 e. The number of ether oxygens (including phenoxy) is 1. The summed E-state index contributed by atoms with van der Waals surface area (Å²) in [4.78, 5) is 0. The third-order valence-corrected chi connectivity index (χ3v) is 2.62. The SMILES string of the molecule is N#Cc1ccc(COc2ccc(C(F)F)cc2)cc1. The zero-order valence-corrected chi connectivity index (χ0v) is 10.0. The molecule has 0 bridgehead atoms. The quantitative estimate of drug-likeness (QED) is 0.829. The number of nitriles is 1. The number of nitrogens with zero attached hydrogens (tertiary/aromatic N) is 1. The van der Waals surface area contributed by atoms with Gasteiger partial charge in [-0.15, -0.1) is 0 Å². The first kappa shape index (κ1) is 13.0. The van der Waals surface area contributed by atoms with Gasteiger partial charge in [0.1, 0.15) is 12.4 Å². The van der Waals surface area contributed by atoms with E-state index in [-0.39, 0.29) is 5.56 Å². The van der Waals surface area contributed by atoms with Gasteiger partial charge in [-0.25, -0.2) is 8.78 Å². The van der Waals surface area contributed by atoms with Crippen molar-refractivity contribution in [1.29, 1.82) is 5.26 Å². The Balaban J connectivity index is 1.96. The molecule has 2 rings (SSSR count). The summed E-state index contributed by atoms with van der Waals surface area (Å²) in [6.45, 7) is 0.333. The van der Waals surface area contributed by atoms with Crippen molar-refractivity contribution in [3.05, 3.63) is 65.2 Å². The van der Waals surface area contributed by atoms with Crippen molar-refractivity contribution in [1.82, 2.24) is 0 Å². The van der Waals surface area contributed by atoms with Crippen LogP contribution in [0.1, 0.15) is 23.1 Å². The lowest BCUT2D eigenvalue weighted by Gasteiger charge is -2.07. The zero-order valence-electron chi connectivity index (χ0n) is 10.0. The second-order valence-electron chi connectivity index (χ2n) is 3.97. The Morgan fingerprint density at radius 1 is 1.00 bits per heavy atom. The van der Waals surface area contributed by atoms with E-state index in [0.29, 0.717) is 17.9 Å². The number of rotatable bonds is 4. The summed E-state index contributed by atoms with van der Waals surface area (Å²) < 4.78 is 30.2. The fourth-order valence-corrected chi connectivity index (χ4v) is 1.55. The van der Waals surface area contributed by atoms with Gasteiger partial charge in [0, 0.05) is 5.56 Å². The molecular formula is C15H11F2NO. The van der Waals surface area contributed by atoms with Gasteiger partial charge in [-0.2, -0.15) is 5.26 Å². The standard InChI is InChI=1S/C15H11F2NO/c16-15(17)13-5-7-14(8-6-13)19-10-12-3-1-11(9-18)2-4-12/h1-8,15H,10H2. The molecule has 0 spiro atoms. The molecule has 0 fully saturated rings. The van der Waals surface area contributed by atoms with E-state index in [1.807, 2.05) is 6.07 Å². The highest BCUT2D eigenvalue weighted by atomic mass is 19.3. The Bertz CT molecular complexity index is 571. The first-order chi connectivity index (χ1) is 9.19. The smallest absolute Gasteiger partial charge is 0.263 e. The molecule has 0 saturated carbocycles. The summed E-state index contributed by atoms with van der Waals surface area (Å²) in [5.74, 6) is 0.536. The molecule has 0 aromatic heterocycles. The van der Waals surface area contributed by atoms with E-state index in [2.05, 4.69) is 0 Å². The van der Waals surface area contributed by atoms with E-state index in [1.54, 1.807) is 24.3 Å². The molecule has 0 amide bonds. The number of halogens is 2. The van der Waals surface area contributed by atoms with Gasteiger partial charge in [0.15, 0.2) is 0 Å². The monoisotopic (exact) mass is 259 g/mol. The van der Waals surface area contributed by atoms with Gasteiger partial charge in [0.2, 0.25) is 0 Å². The highest BCUT2D eigenvalue weighted by Gasteiger charge is 2.06. The fraction of sp³-hybridized carbons (Fsp3) is 0.133. The summed E-state index contributed by atoms with van der Waals surface area (Å²) in [6, 6.07) is 14.8. The molecule has 96 valence electrons. The summed E-state index contributed by atoms with van der Waals surface area (Å²) >= 11 is 0. The van der Waals surface area contributed by atoms with Crippen molar-refractivity contribution >= 4 is 0 Å². The predicted octanol–water partition coefficient (Wildman–Crippen LogP) is 4.07. The Morgan fingerprint density at radius 2 is 1.63 bits per heavy atom. The molecule has 2 aromatic carbocycles. The van der Waals surface area contributed by atoms with E-state index < -0.39 is 6.43 Å². The Morgan fingerprint density at radius 3 is 2.16 bits per heavy atom. The Hall–Kier alpha value is -2.41. The lowest BCUT2D eigenvalue weighted by molar-refractivity contribution is 0.151. The highest BCUT2D eigenvalue weighted by molar-refractivity contribution is 5.32. The van der Waals surface area contributed by atoms with E-state index in [4.69, 9.17) is 10.00 Å². The van der Waals surface area contributed by atoms with E-state index >= 15 is 0 Å². The molecule has 0 atom stereocenters. The average molecular weight is 259 g/mol. The van der Waals surface area contributed by atoms with Crippen LogP contribution < -0.4 is 4.74 Å². The van der Waals surface area contributed by atoms with Gasteiger partial charge < -0.3 is 4.74 Å². The number of alkyl halides is 2. The lowest BCUT2D eigenvalue weighted by Crippen LogP contribution is -1.95.